The van der Waals surface area contributed by atoms with Crippen LogP contribution < -0.4 is 5.32 Å². The van der Waals surface area contributed by atoms with E-state index < -0.39 is 5.82 Å². The van der Waals surface area contributed by atoms with Crippen LogP contribution in [0, 0.1) is 5.82 Å². The zero-order valence-electron chi connectivity index (χ0n) is 11.8. The van der Waals surface area contributed by atoms with Gasteiger partial charge in [0.2, 0.25) is 0 Å². The molecule has 0 saturated heterocycles. The molecule has 0 aromatic heterocycles. The van der Waals surface area contributed by atoms with Crippen LogP contribution in [0.15, 0.2) is 48.5 Å². The number of benzene rings is 2. The number of phenolic OH excluding ortho intramolecular Hbond substituents is 1. The summed E-state index contributed by atoms with van der Waals surface area (Å²) in [5, 5.41) is 13.2. The summed E-state index contributed by atoms with van der Waals surface area (Å²) in [6.07, 6.45) is 0.910. The number of hydrogen-bond donors (Lipinski definition) is 2. The Hall–Kier alpha value is -1.87. The molecule has 0 aliphatic heterocycles. The number of hydrogen-bond acceptors (Lipinski definition) is 2. The first kappa shape index (κ1) is 14.5. The first-order valence-corrected chi connectivity index (χ1v) is 6.84. The maximum Gasteiger partial charge on any atom is 0.126 e. The van der Waals surface area contributed by atoms with Crippen LogP contribution in [0.2, 0.25) is 0 Å². The lowest BCUT2D eigenvalue weighted by Crippen LogP contribution is -2.30. The molecule has 2 rings (SSSR count). The topological polar surface area (TPSA) is 32.3 Å². The van der Waals surface area contributed by atoms with E-state index in [4.69, 9.17) is 0 Å². The van der Waals surface area contributed by atoms with Crippen LogP contribution in [-0.4, -0.2) is 11.1 Å². The highest BCUT2D eigenvalue weighted by Crippen LogP contribution is 2.25. The quantitative estimate of drug-likeness (QED) is 0.868. The number of halogens is 1. The van der Waals surface area contributed by atoms with Crippen LogP contribution in [0.3, 0.4) is 0 Å². The molecule has 0 fully saturated rings. The molecule has 0 radical (unpaired) electrons. The standard InChI is InChI=1S/C17H20FNO/c1-12(10-14-6-4-3-5-7-14)19-13(2)16-9-8-15(18)11-17(16)20/h3-9,11-13,19-20H,10H2,1-2H3. The fourth-order valence-electron chi connectivity index (χ4n) is 2.43. The van der Waals surface area contributed by atoms with Crippen molar-refractivity contribution in [3.05, 3.63) is 65.5 Å². The van der Waals surface area contributed by atoms with Crippen molar-refractivity contribution < 1.29 is 9.50 Å². The summed E-state index contributed by atoms with van der Waals surface area (Å²) in [5.41, 5.74) is 1.98. The predicted molar refractivity (Wildman–Crippen MR) is 79.2 cm³/mol. The van der Waals surface area contributed by atoms with Crippen molar-refractivity contribution in [1.29, 1.82) is 0 Å². The van der Waals surface area contributed by atoms with E-state index in [1.54, 1.807) is 6.07 Å². The minimum Gasteiger partial charge on any atom is -0.508 e. The van der Waals surface area contributed by atoms with E-state index in [0.29, 0.717) is 5.56 Å². The normalized spacial score (nSPS) is 13.9. The molecule has 0 bridgehead atoms. The molecule has 2 aromatic rings. The molecule has 2 nitrogen and oxygen atoms in total. The Morgan fingerprint density at radius 2 is 1.80 bits per heavy atom. The number of nitrogens with one attached hydrogen (secondary N) is 1. The van der Waals surface area contributed by atoms with Crippen molar-refractivity contribution in [1.82, 2.24) is 5.32 Å². The average molecular weight is 273 g/mol. The van der Waals surface area contributed by atoms with Crippen molar-refractivity contribution in [2.75, 3.05) is 0 Å². The van der Waals surface area contributed by atoms with Crippen molar-refractivity contribution in [3.63, 3.8) is 0 Å². The van der Waals surface area contributed by atoms with Gasteiger partial charge in [-0.1, -0.05) is 36.4 Å². The molecule has 0 spiro atoms. The Morgan fingerprint density at radius 1 is 1.10 bits per heavy atom. The molecule has 0 aliphatic rings. The van der Waals surface area contributed by atoms with E-state index in [9.17, 15) is 9.50 Å². The largest absolute Gasteiger partial charge is 0.508 e. The SMILES string of the molecule is CC(Cc1ccccc1)NC(C)c1ccc(F)cc1O. The van der Waals surface area contributed by atoms with Crippen LogP contribution in [0.4, 0.5) is 4.39 Å². The van der Waals surface area contributed by atoms with Gasteiger partial charge in [0.1, 0.15) is 11.6 Å². The predicted octanol–water partition coefficient (Wildman–Crippen LogP) is 3.81. The van der Waals surface area contributed by atoms with Crippen molar-refractivity contribution in [3.8, 4) is 5.75 Å². The Kier molecular flexibility index (Phi) is 4.74. The van der Waals surface area contributed by atoms with Gasteiger partial charge in [-0.15, -0.1) is 0 Å². The fourth-order valence-corrected chi connectivity index (χ4v) is 2.43. The van der Waals surface area contributed by atoms with Crippen molar-refractivity contribution in [2.45, 2.75) is 32.4 Å². The molecular formula is C17H20FNO. The smallest absolute Gasteiger partial charge is 0.126 e. The second-order valence-corrected chi connectivity index (χ2v) is 5.18. The monoisotopic (exact) mass is 273 g/mol. The fraction of sp³-hybridized carbons (Fsp3) is 0.294. The van der Waals surface area contributed by atoms with E-state index in [2.05, 4.69) is 24.4 Å². The molecule has 2 atom stereocenters. The third kappa shape index (κ3) is 3.81. The van der Waals surface area contributed by atoms with Crippen LogP contribution in [0.1, 0.15) is 31.0 Å². The third-order valence-corrected chi connectivity index (χ3v) is 3.38. The highest BCUT2D eigenvalue weighted by Gasteiger charge is 2.13. The molecule has 0 heterocycles. The first-order chi connectivity index (χ1) is 9.56. The van der Waals surface area contributed by atoms with Crippen LogP contribution in [0.5, 0.6) is 5.75 Å². The zero-order valence-corrected chi connectivity index (χ0v) is 11.8. The minimum absolute atomic E-state index is 0.00286. The Balaban J connectivity index is 1.98. The third-order valence-electron chi connectivity index (χ3n) is 3.38. The summed E-state index contributed by atoms with van der Waals surface area (Å²) in [4.78, 5) is 0. The van der Waals surface area contributed by atoms with Crippen LogP contribution in [0.25, 0.3) is 0 Å². The zero-order chi connectivity index (χ0) is 14.5. The van der Waals surface area contributed by atoms with E-state index >= 15 is 0 Å². The first-order valence-electron chi connectivity index (χ1n) is 6.84. The lowest BCUT2D eigenvalue weighted by Gasteiger charge is -2.21. The van der Waals surface area contributed by atoms with Gasteiger partial charge in [-0.05, 0) is 31.9 Å². The van der Waals surface area contributed by atoms with Gasteiger partial charge < -0.3 is 10.4 Å². The Morgan fingerprint density at radius 3 is 2.45 bits per heavy atom. The molecule has 3 heteroatoms. The van der Waals surface area contributed by atoms with E-state index in [0.717, 1.165) is 12.5 Å². The van der Waals surface area contributed by atoms with Gasteiger partial charge in [0.25, 0.3) is 0 Å². The minimum atomic E-state index is -0.421. The maximum atomic E-state index is 13.0. The van der Waals surface area contributed by atoms with Crippen molar-refractivity contribution in [2.24, 2.45) is 0 Å². The highest BCUT2D eigenvalue weighted by molar-refractivity contribution is 5.35. The molecule has 0 saturated carbocycles. The van der Waals surface area contributed by atoms with Gasteiger partial charge in [-0.25, -0.2) is 4.39 Å². The van der Waals surface area contributed by atoms with E-state index in [1.165, 1.54) is 11.6 Å². The van der Waals surface area contributed by atoms with Gasteiger partial charge in [0, 0.05) is 23.7 Å². The van der Waals surface area contributed by atoms with Gasteiger partial charge in [0.15, 0.2) is 0 Å². The summed E-state index contributed by atoms with van der Waals surface area (Å²) in [5.74, 6) is -0.423. The molecule has 0 amide bonds. The van der Waals surface area contributed by atoms with Gasteiger partial charge in [-0.3, -0.25) is 0 Å². The molecule has 106 valence electrons. The van der Waals surface area contributed by atoms with Crippen LogP contribution >= 0.6 is 0 Å². The molecule has 2 N–H and O–H groups in total. The highest BCUT2D eigenvalue weighted by atomic mass is 19.1. The van der Waals surface area contributed by atoms with E-state index in [-0.39, 0.29) is 17.8 Å². The molecule has 0 aliphatic carbocycles. The molecule has 2 aromatic carbocycles. The van der Waals surface area contributed by atoms with E-state index in [1.807, 2.05) is 25.1 Å². The summed E-state index contributed by atoms with van der Waals surface area (Å²) in [6.45, 7) is 4.07. The van der Waals surface area contributed by atoms with Crippen molar-refractivity contribution >= 4 is 0 Å². The second-order valence-electron chi connectivity index (χ2n) is 5.18. The number of phenols is 1. The summed E-state index contributed by atoms with van der Waals surface area (Å²) >= 11 is 0. The molecular weight excluding hydrogens is 253 g/mol. The Bertz CT molecular complexity index is 556. The summed E-state index contributed by atoms with van der Waals surface area (Å²) < 4.78 is 13.0. The van der Waals surface area contributed by atoms with Gasteiger partial charge in [-0.2, -0.15) is 0 Å². The Labute approximate surface area is 119 Å². The summed E-state index contributed by atoms with van der Waals surface area (Å²) in [7, 11) is 0. The summed E-state index contributed by atoms with van der Waals surface area (Å²) in [6, 6.07) is 14.6. The second kappa shape index (κ2) is 6.53. The maximum absolute atomic E-state index is 13.0. The lowest BCUT2D eigenvalue weighted by atomic mass is 10.0. The number of rotatable bonds is 5. The number of aromatic hydroxyl groups is 1. The molecule has 20 heavy (non-hydrogen) atoms. The van der Waals surface area contributed by atoms with Gasteiger partial charge >= 0.3 is 0 Å². The van der Waals surface area contributed by atoms with Gasteiger partial charge in [0.05, 0.1) is 0 Å². The average Bonchev–Trinajstić information content (AvgIpc) is 2.39. The van der Waals surface area contributed by atoms with Crippen LogP contribution in [-0.2, 0) is 6.42 Å². The lowest BCUT2D eigenvalue weighted by molar-refractivity contribution is 0.429. The molecule has 2 unspecified atom stereocenters.